The van der Waals surface area contributed by atoms with Gasteiger partial charge in [-0.05, 0) is 84.4 Å². The second-order valence-electron chi connectivity index (χ2n) is 15.6. The molecule has 0 bridgehead atoms. The van der Waals surface area contributed by atoms with E-state index in [4.69, 9.17) is 9.47 Å². The number of alkyl carbamates (subject to hydrolysis) is 1. The number of nitrogens with zero attached hydrogens (tertiary/aromatic N) is 4. The summed E-state index contributed by atoms with van der Waals surface area (Å²) in [5.41, 5.74) is -1.10. The summed E-state index contributed by atoms with van der Waals surface area (Å²) in [7, 11) is -1.54. The lowest BCUT2D eigenvalue weighted by atomic mass is 9.91. The van der Waals surface area contributed by atoms with Crippen LogP contribution in [-0.2, 0) is 29.3 Å². The van der Waals surface area contributed by atoms with E-state index in [0.29, 0.717) is 30.3 Å². The number of Topliss-reactive ketones (excluding diaryl/α,β-unsaturated/α-hetero) is 1. The number of carbonyl (C=O) groups is 4. The molecule has 286 valence electrons. The molecule has 2 aromatic rings. The maximum atomic E-state index is 14.4. The van der Waals surface area contributed by atoms with Crippen molar-refractivity contribution in [2.75, 3.05) is 20.6 Å². The molecule has 1 aliphatic carbocycles. The molecular formula is C36H51FN6O8S. The van der Waals surface area contributed by atoms with Crippen molar-refractivity contribution < 1.29 is 41.5 Å². The fourth-order valence-electron chi connectivity index (χ4n) is 7.03. The third kappa shape index (κ3) is 8.76. The number of imidazole rings is 1. The van der Waals surface area contributed by atoms with Gasteiger partial charge in [0, 0.05) is 33.0 Å². The van der Waals surface area contributed by atoms with Crippen molar-refractivity contribution in [1.82, 2.24) is 28.8 Å². The molecule has 3 aliphatic rings. The second-order valence-corrected chi connectivity index (χ2v) is 17.5. The minimum atomic E-state index is -4.14. The van der Waals surface area contributed by atoms with Gasteiger partial charge in [0.2, 0.25) is 11.8 Å². The van der Waals surface area contributed by atoms with Gasteiger partial charge in [-0.1, -0.05) is 25.0 Å². The van der Waals surface area contributed by atoms with E-state index in [2.05, 4.69) is 15.0 Å². The standard InChI is InChI=1S/C36H51FN6O8S/c1-22(2)43-28-17-24(37)15-16-26(28)38-33(43)50-25-18-29-30(44)20-36(32(46)40-52(48,49)41(6)7)19-23(36)13-11-9-8-10-12-14-27(31(45)42(29)21-25)39-34(47)51-35(3,4)5/h11,13,15-17,22-23,25,27,29H,8-10,12,14,18-21H2,1-7H3,(H,39,47)(H,40,46)/b13-11-/t23-,25+,27-,29-,36+/m0/s1. The summed E-state index contributed by atoms with van der Waals surface area (Å²) in [6, 6.07) is 2.19. The highest BCUT2D eigenvalue weighted by molar-refractivity contribution is 7.87. The predicted octanol–water partition coefficient (Wildman–Crippen LogP) is 4.41. The molecule has 2 N–H and O–H groups in total. The monoisotopic (exact) mass is 746 g/mol. The van der Waals surface area contributed by atoms with Crippen molar-refractivity contribution in [3.63, 3.8) is 0 Å². The molecule has 0 unspecified atom stereocenters. The number of allylic oxidation sites excluding steroid dienone is 2. The summed E-state index contributed by atoms with van der Waals surface area (Å²) in [5, 5.41) is 2.73. The van der Waals surface area contributed by atoms with Gasteiger partial charge < -0.3 is 19.7 Å². The van der Waals surface area contributed by atoms with Crippen LogP contribution in [0.4, 0.5) is 9.18 Å². The molecule has 14 nitrogen and oxygen atoms in total. The van der Waals surface area contributed by atoms with E-state index in [0.717, 1.165) is 17.1 Å². The number of fused-ring (bicyclic) bond motifs is 3. The van der Waals surface area contributed by atoms with Gasteiger partial charge in [-0.25, -0.2) is 13.9 Å². The zero-order valence-corrected chi connectivity index (χ0v) is 31.8. The molecule has 3 amide bonds. The van der Waals surface area contributed by atoms with Gasteiger partial charge in [0.1, 0.15) is 23.6 Å². The van der Waals surface area contributed by atoms with E-state index < -0.39 is 68.9 Å². The van der Waals surface area contributed by atoms with Gasteiger partial charge >= 0.3 is 16.3 Å². The average molecular weight is 747 g/mol. The SMILES string of the molecule is CC(C)n1c(O[C@@H]2C[C@H]3C(=O)C[C@]4(C(=O)NS(=O)(=O)N(C)C)C[C@@H]4/C=C\CCCCC[C@H](NC(=O)OC(C)(C)C)C(=O)N3C2)nc2ccc(F)cc21. The van der Waals surface area contributed by atoms with E-state index in [1.807, 2.05) is 26.0 Å². The van der Waals surface area contributed by atoms with Crippen molar-refractivity contribution in [3.8, 4) is 6.01 Å². The highest BCUT2D eigenvalue weighted by Gasteiger charge is 2.61. The van der Waals surface area contributed by atoms with Crippen LogP contribution in [-0.4, -0.2) is 95.3 Å². The third-order valence-corrected chi connectivity index (χ3v) is 11.2. The minimum absolute atomic E-state index is 0.0328. The van der Waals surface area contributed by atoms with E-state index >= 15 is 0 Å². The Labute approximate surface area is 304 Å². The van der Waals surface area contributed by atoms with Crippen LogP contribution in [0.15, 0.2) is 30.4 Å². The largest absolute Gasteiger partial charge is 0.459 e. The first-order valence-corrected chi connectivity index (χ1v) is 19.3. The molecule has 5 rings (SSSR count). The van der Waals surface area contributed by atoms with Gasteiger partial charge in [-0.3, -0.25) is 19.0 Å². The first kappa shape index (κ1) is 39.2. The van der Waals surface area contributed by atoms with Crippen LogP contribution in [0.1, 0.15) is 92.0 Å². The molecule has 2 aliphatic heterocycles. The lowest BCUT2D eigenvalue weighted by molar-refractivity contribution is -0.140. The van der Waals surface area contributed by atoms with Crippen molar-refractivity contribution >= 4 is 44.9 Å². The number of hydrogen-bond acceptors (Lipinski definition) is 9. The van der Waals surface area contributed by atoms with Gasteiger partial charge in [-0.2, -0.15) is 17.7 Å². The molecule has 1 aromatic heterocycles. The van der Waals surface area contributed by atoms with Crippen LogP contribution < -0.4 is 14.8 Å². The van der Waals surface area contributed by atoms with Crippen LogP contribution in [0.3, 0.4) is 0 Å². The summed E-state index contributed by atoms with van der Waals surface area (Å²) in [6.45, 7) is 8.92. The summed E-state index contributed by atoms with van der Waals surface area (Å²) < 4.78 is 56.3. The molecule has 2 fully saturated rings. The summed E-state index contributed by atoms with van der Waals surface area (Å²) in [5.74, 6) is -2.51. The molecule has 16 heteroatoms. The smallest absolute Gasteiger partial charge is 0.408 e. The normalized spacial score (nSPS) is 26.7. The molecule has 3 heterocycles. The quantitative estimate of drug-likeness (QED) is 0.390. The minimum Gasteiger partial charge on any atom is -0.459 e. The maximum Gasteiger partial charge on any atom is 0.408 e. The highest BCUT2D eigenvalue weighted by atomic mass is 32.2. The molecule has 1 aromatic carbocycles. The van der Waals surface area contributed by atoms with Gasteiger partial charge in [0.25, 0.3) is 6.01 Å². The van der Waals surface area contributed by atoms with Gasteiger partial charge in [0.05, 0.1) is 29.0 Å². The lowest BCUT2D eigenvalue weighted by Gasteiger charge is -2.30. The molecule has 0 radical (unpaired) electrons. The number of ketones is 1. The van der Waals surface area contributed by atoms with Crippen LogP contribution in [0.5, 0.6) is 6.01 Å². The Morgan fingerprint density at radius 3 is 2.54 bits per heavy atom. The molecule has 1 saturated carbocycles. The molecule has 52 heavy (non-hydrogen) atoms. The Morgan fingerprint density at radius 2 is 1.87 bits per heavy atom. The summed E-state index contributed by atoms with van der Waals surface area (Å²) >= 11 is 0. The van der Waals surface area contributed by atoms with E-state index in [1.165, 1.54) is 31.1 Å². The van der Waals surface area contributed by atoms with Gasteiger partial charge in [-0.15, -0.1) is 0 Å². The van der Waals surface area contributed by atoms with Crippen molar-refractivity contribution in [3.05, 3.63) is 36.2 Å². The number of carbonyl (C=O) groups excluding carboxylic acids is 4. The van der Waals surface area contributed by atoms with Crippen molar-refractivity contribution in [2.45, 2.75) is 116 Å². The van der Waals surface area contributed by atoms with Crippen LogP contribution in [0.25, 0.3) is 11.0 Å². The predicted molar refractivity (Wildman–Crippen MR) is 191 cm³/mol. The Balaban J connectivity index is 1.50. The third-order valence-electron chi connectivity index (χ3n) is 9.82. The number of nitrogens with one attached hydrogen (secondary N) is 2. The van der Waals surface area contributed by atoms with Crippen LogP contribution in [0, 0.1) is 17.2 Å². The lowest BCUT2D eigenvalue weighted by Crippen LogP contribution is -2.53. The Hall–Kier alpha value is -4.05. The van der Waals surface area contributed by atoms with E-state index in [9.17, 15) is 32.0 Å². The number of rotatable bonds is 7. The second kappa shape index (κ2) is 15.1. The van der Waals surface area contributed by atoms with Crippen molar-refractivity contribution in [1.29, 1.82) is 0 Å². The fraction of sp³-hybridized carbons (Fsp3) is 0.639. The fourth-order valence-corrected chi connectivity index (χ4v) is 7.65. The zero-order valence-electron chi connectivity index (χ0n) is 31.0. The number of aromatic nitrogens is 2. The first-order chi connectivity index (χ1) is 24.3. The average Bonchev–Trinajstić information content (AvgIpc) is 3.37. The molecule has 1 saturated heterocycles. The van der Waals surface area contributed by atoms with Crippen LogP contribution in [0.2, 0.25) is 0 Å². The van der Waals surface area contributed by atoms with E-state index in [-0.39, 0.29) is 43.8 Å². The number of benzene rings is 1. The van der Waals surface area contributed by atoms with Crippen LogP contribution >= 0.6 is 0 Å². The Bertz CT molecular complexity index is 1840. The Morgan fingerprint density at radius 1 is 1.13 bits per heavy atom. The highest BCUT2D eigenvalue weighted by Crippen LogP contribution is 2.57. The number of halogens is 1. The summed E-state index contributed by atoms with van der Waals surface area (Å²) in [4.78, 5) is 61.5. The molecule has 0 spiro atoms. The topological polar surface area (TPSA) is 169 Å². The number of ether oxygens (including phenoxy) is 2. The molecule has 5 atom stereocenters. The summed E-state index contributed by atoms with van der Waals surface area (Å²) in [6.07, 6.45) is 5.48. The Kier molecular flexibility index (Phi) is 11.4. The first-order valence-electron chi connectivity index (χ1n) is 17.9. The zero-order chi connectivity index (χ0) is 38.2. The maximum absolute atomic E-state index is 14.4. The number of amides is 3. The van der Waals surface area contributed by atoms with Crippen molar-refractivity contribution in [2.24, 2.45) is 11.3 Å². The van der Waals surface area contributed by atoms with Gasteiger partial charge in [0.15, 0.2) is 5.78 Å². The van der Waals surface area contributed by atoms with E-state index in [1.54, 1.807) is 31.4 Å². The molecular weight excluding hydrogens is 695 g/mol. The number of hydrogen-bond donors (Lipinski definition) is 2.